The Morgan fingerprint density at radius 3 is 2.55 bits per heavy atom. The Morgan fingerprint density at radius 1 is 1.40 bits per heavy atom. The topological polar surface area (TPSA) is 49.8 Å². The van der Waals surface area contributed by atoms with Crippen molar-refractivity contribution in [3.05, 3.63) is 35.9 Å². The van der Waals surface area contributed by atoms with E-state index in [4.69, 9.17) is 11.2 Å². The Labute approximate surface area is 119 Å². The lowest BCUT2D eigenvalue weighted by atomic mass is 9.94. The van der Waals surface area contributed by atoms with Crippen LogP contribution in [0.1, 0.15) is 18.4 Å². The lowest BCUT2D eigenvalue weighted by Gasteiger charge is -2.30. The van der Waals surface area contributed by atoms with Gasteiger partial charge in [0.2, 0.25) is 5.60 Å². The summed E-state index contributed by atoms with van der Waals surface area (Å²) in [5, 5.41) is 10.4. The van der Waals surface area contributed by atoms with Gasteiger partial charge < -0.3 is 14.7 Å². The second-order valence-corrected chi connectivity index (χ2v) is 5.13. The van der Waals surface area contributed by atoms with E-state index in [2.05, 4.69) is 10.8 Å². The molecule has 1 fully saturated rings. The number of likely N-dealkylation sites (tertiary alicyclic amines) is 1. The fourth-order valence-corrected chi connectivity index (χ4v) is 2.28. The number of esters is 1. The number of rotatable bonds is 3. The standard InChI is InChI=1S/C16H19NO3/c1-3-16(19,13-7-5-4-6-8-13)15(18)20-14-9-11-17(2)12-10-14/h1,4-8,14,19H,9-12H2,2H3. The van der Waals surface area contributed by atoms with Crippen molar-refractivity contribution in [1.29, 1.82) is 0 Å². The van der Waals surface area contributed by atoms with E-state index in [1.807, 2.05) is 7.05 Å². The van der Waals surface area contributed by atoms with Crippen molar-refractivity contribution in [3.8, 4) is 12.3 Å². The molecule has 0 radical (unpaired) electrons. The molecule has 4 heteroatoms. The third kappa shape index (κ3) is 3.01. The molecule has 0 aliphatic carbocycles. The van der Waals surface area contributed by atoms with E-state index in [0.717, 1.165) is 25.9 Å². The Bertz CT molecular complexity index is 500. The molecular weight excluding hydrogens is 254 g/mol. The van der Waals surface area contributed by atoms with Gasteiger partial charge in [0.25, 0.3) is 0 Å². The van der Waals surface area contributed by atoms with Crippen molar-refractivity contribution in [3.63, 3.8) is 0 Å². The second-order valence-electron chi connectivity index (χ2n) is 5.13. The van der Waals surface area contributed by atoms with Crippen molar-refractivity contribution in [1.82, 2.24) is 4.90 Å². The van der Waals surface area contributed by atoms with Crippen LogP contribution >= 0.6 is 0 Å². The van der Waals surface area contributed by atoms with Gasteiger partial charge in [-0.1, -0.05) is 36.3 Å². The summed E-state index contributed by atoms with van der Waals surface area (Å²) >= 11 is 0. The average molecular weight is 273 g/mol. The van der Waals surface area contributed by atoms with Gasteiger partial charge in [0, 0.05) is 18.7 Å². The lowest BCUT2D eigenvalue weighted by molar-refractivity contribution is -0.168. The van der Waals surface area contributed by atoms with Crippen LogP contribution < -0.4 is 0 Å². The van der Waals surface area contributed by atoms with Crippen LogP contribution in [0.3, 0.4) is 0 Å². The number of hydrogen-bond donors (Lipinski definition) is 1. The Morgan fingerprint density at radius 2 is 2.00 bits per heavy atom. The number of benzene rings is 1. The fraction of sp³-hybridized carbons (Fsp3) is 0.438. The van der Waals surface area contributed by atoms with E-state index in [-0.39, 0.29) is 6.10 Å². The summed E-state index contributed by atoms with van der Waals surface area (Å²) in [5.74, 6) is 1.40. The molecule has 1 aromatic carbocycles. The molecular formula is C16H19NO3. The normalized spacial score (nSPS) is 19.9. The summed E-state index contributed by atoms with van der Waals surface area (Å²) in [6.07, 6.45) is 6.70. The molecule has 1 aromatic rings. The van der Waals surface area contributed by atoms with Gasteiger partial charge in [-0.2, -0.15) is 0 Å². The smallest absolute Gasteiger partial charge is 0.356 e. The molecule has 1 saturated heterocycles. The van der Waals surface area contributed by atoms with E-state index >= 15 is 0 Å². The van der Waals surface area contributed by atoms with Gasteiger partial charge >= 0.3 is 5.97 Å². The monoisotopic (exact) mass is 273 g/mol. The molecule has 1 aliphatic rings. The Balaban J connectivity index is 2.08. The SMILES string of the molecule is C#CC(O)(C(=O)OC1CCN(C)CC1)c1ccccc1. The molecule has 1 atom stereocenters. The minimum absolute atomic E-state index is 0.178. The van der Waals surface area contributed by atoms with E-state index in [9.17, 15) is 9.90 Å². The number of hydrogen-bond acceptors (Lipinski definition) is 4. The Kier molecular flexibility index (Phi) is 4.43. The van der Waals surface area contributed by atoms with Crippen LogP contribution in [0.2, 0.25) is 0 Å². The largest absolute Gasteiger partial charge is 0.459 e. The zero-order chi connectivity index (χ0) is 14.6. The summed E-state index contributed by atoms with van der Waals surface area (Å²) < 4.78 is 5.39. The first kappa shape index (κ1) is 14.6. The molecule has 0 bridgehead atoms. The summed E-state index contributed by atoms with van der Waals surface area (Å²) in [4.78, 5) is 14.4. The molecule has 1 unspecified atom stereocenters. The van der Waals surface area contributed by atoms with E-state index in [1.54, 1.807) is 30.3 Å². The van der Waals surface area contributed by atoms with E-state index in [1.165, 1.54) is 0 Å². The maximum atomic E-state index is 12.2. The highest BCUT2D eigenvalue weighted by atomic mass is 16.6. The lowest BCUT2D eigenvalue weighted by Crippen LogP contribution is -2.41. The first-order valence-corrected chi connectivity index (χ1v) is 6.71. The quantitative estimate of drug-likeness (QED) is 0.663. The van der Waals surface area contributed by atoms with Crippen LogP contribution in [-0.2, 0) is 15.1 Å². The van der Waals surface area contributed by atoms with Crippen molar-refractivity contribution in [2.75, 3.05) is 20.1 Å². The third-order valence-electron chi connectivity index (χ3n) is 3.64. The highest BCUT2D eigenvalue weighted by molar-refractivity contribution is 5.85. The first-order chi connectivity index (χ1) is 9.56. The van der Waals surface area contributed by atoms with Crippen molar-refractivity contribution in [2.45, 2.75) is 24.5 Å². The van der Waals surface area contributed by atoms with Gasteiger partial charge in [-0.05, 0) is 19.9 Å². The predicted octanol–water partition coefficient (Wildman–Crippen LogP) is 1.14. The summed E-state index contributed by atoms with van der Waals surface area (Å²) in [5.41, 5.74) is -1.65. The molecule has 20 heavy (non-hydrogen) atoms. The molecule has 1 N–H and O–H groups in total. The van der Waals surface area contributed by atoms with Gasteiger partial charge in [0.15, 0.2) is 0 Å². The first-order valence-electron chi connectivity index (χ1n) is 6.71. The molecule has 0 aromatic heterocycles. The molecule has 0 saturated carbocycles. The number of carbonyl (C=O) groups is 1. The Hall–Kier alpha value is -1.83. The number of ether oxygens (including phenoxy) is 1. The van der Waals surface area contributed by atoms with Crippen LogP contribution in [0.5, 0.6) is 0 Å². The maximum Gasteiger partial charge on any atom is 0.356 e. The highest BCUT2D eigenvalue weighted by Gasteiger charge is 2.39. The number of aliphatic hydroxyl groups is 1. The van der Waals surface area contributed by atoms with Crippen molar-refractivity contribution < 1.29 is 14.6 Å². The van der Waals surface area contributed by atoms with Crippen LogP contribution in [0.25, 0.3) is 0 Å². The molecule has 4 nitrogen and oxygen atoms in total. The summed E-state index contributed by atoms with van der Waals surface area (Å²) in [6, 6.07) is 8.48. The average Bonchev–Trinajstić information content (AvgIpc) is 2.49. The number of nitrogens with zero attached hydrogens (tertiary/aromatic N) is 1. The van der Waals surface area contributed by atoms with Crippen molar-refractivity contribution >= 4 is 5.97 Å². The second kappa shape index (κ2) is 6.08. The van der Waals surface area contributed by atoms with Gasteiger partial charge in [-0.3, -0.25) is 0 Å². The fourth-order valence-electron chi connectivity index (χ4n) is 2.28. The highest BCUT2D eigenvalue weighted by Crippen LogP contribution is 2.24. The van der Waals surface area contributed by atoms with Crippen LogP contribution in [0.4, 0.5) is 0 Å². The third-order valence-corrected chi connectivity index (χ3v) is 3.64. The van der Waals surface area contributed by atoms with Crippen LogP contribution in [-0.4, -0.2) is 42.2 Å². The minimum Gasteiger partial charge on any atom is -0.459 e. The van der Waals surface area contributed by atoms with E-state index in [0.29, 0.717) is 5.56 Å². The molecule has 0 spiro atoms. The number of carbonyl (C=O) groups excluding carboxylic acids is 1. The minimum atomic E-state index is -2.01. The van der Waals surface area contributed by atoms with Crippen LogP contribution in [0, 0.1) is 12.3 Å². The van der Waals surface area contributed by atoms with Gasteiger partial charge in [-0.25, -0.2) is 4.79 Å². The molecule has 106 valence electrons. The predicted molar refractivity (Wildman–Crippen MR) is 75.8 cm³/mol. The summed E-state index contributed by atoms with van der Waals surface area (Å²) in [7, 11) is 2.03. The number of piperidine rings is 1. The van der Waals surface area contributed by atoms with Gasteiger partial charge in [-0.15, -0.1) is 6.42 Å². The van der Waals surface area contributed by atoms with Gasteiger partial charge in [0.05, 0.1) is 0 Å². The molecule has 0 amide bonds. The molecule has 2 rings (SSSR count). The molecule has 1 aliphatic heterocycles. The van der Waals surface area contributed by atoms with Crippen molar-refractivity contribution in [2.24, 2.45) is 0 Å². The summed E-state index contributed by atoms with van der Waals surface area (Å²) in [6.45, 7) is 1.75. The maximum absolute atomic E-state index is 12.2. The van der Waals surface area contributed by atoms with Gasteiger partial charge in [0.1, 0.15) is 6.10 Å². The molecule has 1 heterocycles. The number of terminal acetylenes is 1. The van der Waals surface area contributed by atoms with Crippen LogP contribution in [0.15, 0.2) is 30.3 Å². The zero-order valence-electron chi connectivity index (χ0n) is 11.6. The zero-order valence-corrected chi connectivity index (χ0v) is 11.6. The van der Waals surface area contributed by atoms with E-state index < -0.39 is 11.6 Å².